The molecular weight excluding hydrogens is 430 g/mol. The number of carbonyl (C=O) groups excluding carboxylic acids is 1. The van der Waals surface area contributed by atoms with E-state index in [0.29, 0.717) is 52.2 Å². The number of piperidine rings is 1. The number of likely N-dealkylation sites (tertiary alicyclic amines) is 1. The number of phenols is 1. The maximum absolute atomic E-state index is 12.6. The zero-order chi connectivity index (χ0) is 22.4. The monoisotopic (exact) mass is 455 g/mol. The third kappa shape index (κ3) is 3.89. The zero-order valence-electron chi connectivity index (χ0n) is 18.2. The average Bonchev–Trinajstić information content (AvgIpc) is 3.32. The highest BCUT2D eigenvalue weighted by Crippen LogP contribution is 2.39. The van der Waals surface area contributed by atoms with E-state index in [2.05, 4.69) is 27.2 Å². The summed E-state index contributed by atoms with van der Waals surface area (Å²) < 4.78 is 6.09. The van der Waals surface area contributed by atoms with Gasteiger partial charge in [0, 0.05) is 36.1 Å². The molecule has 2 aliphatic heterocycles. The fourth-order valence-electron chi connectivity index (χ4n) is 4.71. The third-order valence-electron chi connectivity index (χ3n) is 6.19. The van der Waals surface area contributed by atoms with Gasteiger partial charge in [-0.05, 0) is 63.5 Å². The highest BCUT2D eigenvalue weighted by atomic mass is 35.5. The summed E-state index contributed by atoms with van der Waals surface area (Å²) in [5, 5.41) is 14.4. The molecule has 5 rings (SSSR count). The van der Waals surface area contributed by atoms with Gasteiger partial charge in [-0.25, -0.2) is 4.98 Å². The van der Waals surface area contributed by atoms with Gasteiger partial charge in [-0.2, -0.15) is 4.98 Å². The predicted octanol–water partition coefficient (Wildman–Crippen LogP) is 4.19. The van der Waals surface area contributed by atoms with Gasteiger partial charge >= 0.3 is 0 Å². The van der Waals surface area contributed by atoms with E-state index >= 15 is 0 Å². The quantitative estimate of drug-likeness (QED) is 0.609. The molecule has 8 nitrogen and oxygen atoms in total. The van der Waals surface area contributed by atoms with Gasteiger partial charge in [0.05, 0.1) is 11.4 Å². The number of hydrogen-bond donors (Lipinski definition) is 2. The Hall–Kier alpha value is -2.84. The summed E-state index contributed by atoms with van der Waals surface area (Å²) in [4.78, 5) is 25.8. The molecule has 0 radical (unpaired) electrons. The number of anilines is 2. The minimum absolute atomic E-state index is 0.0348. The van der Waals surface area contributed by atoms with Crippen LogP contribution >= 0.6 is 11.6 Å². The Morgan fingerprint density at radius 2 is 2.06 bits per heavy atom. The fraction of sp³-hybridized carbons (Fsp3) is 0.435. The van der Waals surface area contributed by atoms with Crippen LogP contribution in [0, 0.1) is 6.92 Å². The number of hydrogen-bond acceptors (Lipinski definition) is 7. The molecule has 4 heterocycles. The number of benzene rings is 1. The van der Waals surface area contributed by atoms with E-state index in [0.717, 1.165) is 37.9 Å². The number of carbonyl (C=O) groups is 1. The standard InChI is InChI=1S/C23H26ClN5O3/c1-13-9-14(24)10-18(30)20(13)16-11-17(29-8-4-6-19(29)31)21-22(26-16)27-23(32-21)25-15-5-3-7-28(2)12-15/h9-11,15,30H,3-8,12H2,1-2H3,(H,25,26,27)/t15-/m1/s1. The molecule has 32 heavy (non-hydrogen) atoms. The van der Waals surface area contributed by atoms with Crippen molar-refractivity contribution in [2.45, 2.75) is 38.6 Å². The second-order valence-corrected chi connectivity index (χ2v) is 9.15. The molecule has 3 aromatic rings. The normalized spacial score (nSPS) is 19.8. The van der Waals surface area contributed by atoms with E-state index in [-0.39, 0.29) is 17.7 Å². The van der Waals surface area contributed by atoms with E-state index in [9.17, 15) is 9.90 Å². The molecule has 2 aromatic heterocycles. The molecule has 1 amide bonds. The van der Waals surface area contributed by atoms with E-state index in [1.165, 1.54) is 6.07 Å². The number of pyridine rings is 1. The summed E-state index contributed by atoms with van der Waals surface area (Å²) in [6.07, 6.45) is 3.44. The number of aryl methyl sites for hydroxylation is 1. The predicted molar refractivity (Wildman–Crippen MR) is 124 cm³/mol. The minimum Gasteiger partial charge on any atom is -0.507 e. The SMILES string of the molecule is Cc1cc(Cl)cc(O)c1-c1cc(N2CCCC2=O)c2oc(N[C@@H]3CCCN(C)C3)nc2n1. The van der Waals surface area contributed by atoms with Crippen LogP contribution in [-0.2, 0) is 4.79 Å². The molecule has 1 atom stereocenters. The van der Waals surface area contributed by atoms with Gasteiger partial charge in [0.2, 0.25) is 11.6 Å². The summed E-state index contributed by atoms with van der Waals surface area (Å²) in [7, 11) is 2.10. The van der Waals surface area contributed by atoms with Crippen molar-refractivity contribution in [1.82, 2.24) is 14.9 Å². The molecule has 0 spiro atoms. The van der Waals surface area contributed by atoms with Gasteiger partial charge in [0.15, 0.2) is 5.58 Å². The van der Waals surface area contributed by atoms with Gasteiger partial charge in [0.25, 0.3) is 6.01 Å². The first-order chi connectivity index (χ1) is 15.4. The van der Waals surface area contributed by atoms with Gasteiger partial charge < -0.3 is 24.6 Å². The van der Waals surface area contributed by atoms with Crippen molar-refractivity contribution in [2.75, 3.05) is 36.9 Å². The smallest absolute Gasteiger partial charge is 0.297 e. The van der Waals surface area contributed by atoms with E-state index in [4.69, 9.17) is 16.0 Å². The van der Waals surface area contributed by atoms with Crippen molar-refractivity contribution < 1.29 is 14.3 Å². The summed E-state index contributed by atoms with van der Waals surface area (Å²) in [6, 6.07) is 5.70. The Morgan fingerprint density at radius 3 is 2.78 bits per heavy atom. The Balaban J connectivity index is 1.61. The Kier molecular flexibility index (Phi) is 5.43. The lowest BCUT2D eigenvalue weighted by Gasteiger charge is -2.29. The summed E-state index contributed by atoms with van der Waals surface area (Å²) in [5.74, 6) is 0.0768. The second kappa shape index (κ2) is 8.26. The molecular formula is C23H26ClN5O3. The van der Waals surface area contributed by atoms with Gasteiger partial charge in [-0.3, -0.25) is 4.79 Å². The van der Waals surface area contributed by atoms with Crippen molar-refractivity contribution in [2.24, 2.45) is 0 Å². The van der Waals surface area contributed by atoms with E-state index in [1.807, 2.05) is 6.92 Å². The van der Waals surface area contributed by atoms with Gasteiger partial charge in [-0.1, -0.05) is 11.6 Å². The maximum Gasteiger partial charge on any atom is 0.297 e. The molecule has 2 aliphatic rings. The van der Waals surface area contributed by atoms with Crippen molar-refractivity contribution in [1.29, 1.82) is 0 Å². The first-order valence-corrected chi connectivity index (χ1v) is 11.3. The number of phenolic OH excluding ortho intramolecular Hbond substituents is 1. The molecule has 0 unspecified atom stereocenters. The molecule has 1 aromatic carbocycles. The van der Waals surface area contributed by atoms with E-state index in [1.54, 1.807) is 17.0 Å². The first-order valence-electron chi connectivity index (χ1n) is 11.0. The van der Waals surface area contributed by atoms with Crippen LogP contribution in [0.5, 0.6) is 5.75 Å². The number of nitrogens with zero attached hydrogens (tertiary/aromatic N) is 4. The number of aromatic hydroxyl groups is 1. The second-order valence-electron chi connectivity index (χ2n) is 8.71. The number of fused-ring (bicyclic) bond motifs is 1. The first kappa shape index (κ1) is 21.0. The lowest BCUT2D eigenvalue weighted by molar-refractivity contribution is -0.117. The van der Waals surface area contributed by atoms with Crippen LogP contribution in [0.1, 0.15) is 31.2 Å². The van der Waals surface area contributed by atoms with Crippen molar-refractivity contribution in [3.63, 3.8) is 0 Å². The van der Waals surface area contributed by atoms with Crippen LogP contribution in [0.25, 0.3) is 22.5 Å². The highest BCUT2D eigenvalue weighted by Gasteiger charge is 2.28. The van der Waals surface area contributed by atoms with Crippen LogP contribution in [0.15, 0.2) is 22.6 Å². The Labute approximate surface area is 191 Å². The van der Waals surface area contributed by atoms with Crippen LogP contribution in [0.2, 0.25) is 5.02 Å². The third-order valence-corrected chi connectivity index (χ3v) is 6.41. The van der Waals surface area contributed by atoms with Crippen molar-refractivity contribution in [3.05, 3.63) is 28.8 Å². The Bertz CT molecular complexity index is 1170. The van der Waals surface area contributed by atoms with Crippen molar-refractivity contribution >= 4 is 40.4 Å². The molecule has 2 fully saturated rings. The lowest BCUT2D eigenvalue weighted by atomic mass is 10.0. The summed E-state index contributed by atoms with van der Waals surface area (Å²) in [5.41, 5.74) is 3.38. The summed E-state index contributed by atoms with van der Waals surface area (Å²) >= 11 is 6.09. The number of aromatic nitrogens is 2. The number of nitrogens with one attached hydrogen (secondary N) is 1. The molecule has 2 saturated heterocycles. The zero-order valence-corrected chi connectivity index (χ0v) is 18.9. The summed E-state index contributed by atoms with van der Waals surface area (Å²) in [6.45, 7) is 4.47. The van der Waals surface area contributed by atoms with Crippen LogP contribution in [-0.4, -0.2) is 58.6 Å². The highest BCUT2D eigenvalue weighted by molar-refractivity contribution is 6.31. The fourth-order valence-corrected chi connectivity index (χ4v) is 4.97. The molecule has 2 N–H and O–H groups in total. The van der Waals surface area contributed by atoms with Gasteiger partial charge in [-0.15, -0.1) is 0 Å². The largest absolute Gasteiger partial charge is 0.507 e. The minimum atomic E-state index is 0.0348. The van der Waals surface area contributed by atoms with Crippen LogP contribution < -0.4 is 10.2 Å². The molecule has 0 saturated carbocycles. The molecule has 0 bridgehead atoms. The number of halogens is 1. The molecule has 9 heteroatoms. The van der Waals surface area contributed by atoms with Crippen LogP contribution in [0.3, 0.4) is 0 Å². The van der Waals surface area contributed by atoms with E-state index < -0.39 is 0 Å². The van der Waals surface area contributed by atoms with Crippen molar-refractivity contribution in [3.8, 4) is 17.0 Å². The Morgan fingerprint density at radius 1 is 1.22 bits per heavy atom. The number of amides is 1. The maximum atomic E-state index is 12.6. The molecule has 168 valence electrons. The molecule has 0 aliphatic carbocycles. The number of rotatable bonds is 4. The lowest BCUT2D eigenvalue weighted by Crippen LogP contribution is -2.39. The number of likely N-dealkylation sites (N-methyl/N-ethyl adjacent to an activating group) is 1. The number of oxazole rings is 1. The average molecular weight is 456 g/mol. The van der Waals surface area contributed by atoms with Gasteiger partial charge in [0.1, 0.15) is 5.75 Å². The van der Waals surface area contributed by atoms with Crippen LogP contribution in [0.4, 0.5) is 11.7 Å². The topological polar surface area (TPSA) is 94.7 Å².